The zero-order chi connectivity index (χ0) is 14.2. The Kier molecular flexibility index (Phi) is 3.95. The Bertz CT molecular complexity index is 528. The summed E-state index contributed by atoms with van der Waals surface area (Å²) in [5.74, 6) is 1.38. The second-order valence-electron chi connectivity index (χ2n) is 5.85. The highest BCUT2D eigenvalue weighted by Gasteiger charge is 2.39. The Labute approximate surface area is 128 Å². The van der Waals surface area contributed by atoms with E-state index in [0.29, 0.717) is 10.7 Å². The monoisotopic (exact) mass is 312 g/mol. The van der Waals surface area contributed by atoms with Crippen LogP contribution in [0.5, 0.6) is 0 Å². The molecule has 1 aromatic rings. The largest absolute Gasteiger partial charge is 0.331 e. The fraction of sp³-hybridized carbons (Fsp3) is 0.533. The van der Waals surface area contributed by atoms with Crippen LogP contribution in [0.4, 0.5) is 10.1 Å². The Morgan fingerprint density at radius 3 is 3.10 bits per heavy atom. The van der Waals surface area contributed by atoms with Gasteiger partial charge in [0.15, 0.2) is 5.17 Å². The third-order valence-electron chi connectivity index (χ3n) is 4.08. The predicted octanol–water partition coefficient (Wildman–Crippen LogP) is 4.94. The summed E-state index contributed by atoms with van der Waals surface area (Å²) in [4.78, 5) is 4.85. The summed E-state index contributed by atoms with van der Waals surface area (Å²) < 4.78 is 13.8. The van der Waals surface area contributed by atoms with Gasteiger partial charge in [-0.2, -0.15) is 0 Å². The van der Waals surface area contributed by atoms with Gasteiger partial charge in [0, 0.05) is 5.75 Å². The van der Waals surface area contributed by atoms with Crippen LogP contribution in [-0.4, -0.2) is 16.5 Å². The maximum absolute atomic E-state index is 13.8. The number of thioether (sulfide) groups is 1. The number of hydrogen-bond donors (Lipinski definition) is 1. The number of para-hydroxylation sites is 1. The quantitative estimate of drug-likeness (QED) is 0.794. The van der Waals surface area contributed by atoms with Crippen LogP contribution in [0.15, 0.2) is 23.2 Å². The van der Waals surface area contributed by atoms with Crippen LogP contribution in [0.25, 0.3) is 0 Å². The second kappa shape index (κ2) is 5.57. The molecule has 1 aromatic carbocycles. The fourth-order valence-electron chi connectivity index (χ4n) is 3.14. The molecule has 0 radical (unpaired) electrons. The van der Waals surface area contributed by atoms with Crippen LogP contribution in [0.3, 0.4) is 0 Å². The number of benzene rings is 1. The van der Waals surface area contributed by atoms with Crippen molar-refractivity contribution in [2.75, 3.05) is 11.1 Å². The Hall–Kier alpha value is -0.740. The van der Waals surface area contributed by atoms with Crippen LogP contribution in [0.2, 0.25) is 5.02 Å². The minimum absolute atomic E-state index is 0.0579. The van der Waals surface area contributed by atoms with Crippen molar-refractivity contribution >= 4 is 34.2 Å². The van der Waals surface area contributed by atoms with Gasteiger partial charge in [0.2, 0.25) is 0 Å². The van der Waals surface area contributed by atoms with Crippen molar-refractivity contribution in [3.63, 3.8) is 0 Å². The SMILES string of the molecule is CC1CCCC2(CSC(Nc3c(F)cccc3Cl)=N2)C1. The van der Waals surface area contributed by atoms with Crippen molar-refractivity contribution in [1.82, 2.24) is 0 Å². The molecule has 20 heavy (non-hydrogen) atoms. The molecular formula is C15H18ClFN2S. The molecule has 2 atom stereocenters. The number of rotatable bonds is 1. The van der Waals surface area contributed by atoms with Gasteiger partial charge in [-0.3, -0.25) is 4.99 Å². The van der Waals surface area contributed by atoms with Crippen molar-refractivity contribution in [3.05, 3.63) is 29.0 Å². The third-order valence-corrected chi connectivity index (χ3v) is 5.54. The van der Waals surface area contributed by atoms with E-state index in [4.69, 9.17) is 16.6 Å². The first-order valence-electron chi connectivity index (χ1n) is 7.02. The number of aliphatic imine (C=N–C) groups is 1. The van der Waals surface area contributed by atoms with E-state index in [1.165, 1.54) is 18.9 Å². The molecule has 2 aliphatic rings. The molecule has 0 amide bonds. The van der Waals surface area contributed by atoms with E-state index in [1.807, 2.05) is 0 Å². The van der Waals surface area contributed by atoms with E-state index >= 15 is 0 Å². The lowest BCUT2D eigenvalue weighted by Crippen LogP contribution is -2.33. The van der Waals surface area contributed by atoms with Gasteiger partial charge in [0.05, 0.1) is 16.2 Å². The van der Waals surface area contributed by atoms with Crippen molar-refractivity contribution in [3.8, 4) is 0 Å². The van der Waals surface area contributed by atoms with Crippen molar-refractivity contribution in [2.24, 2.45) is 10.9 Å². The average molecular weight is 313 g/mol. The molecule has 1 saturated carbocycles. The highest BCUT2D eigenvalue weighted by molar-refractivity contribution is 8.14. The molecular weight excluding hydrogens is 295 g/mol. The van der Waals surface area contributed by atoms with Crippen LogP contribution in [0, 0.1) is 11.7 Å². The van der Waals surface area contributed by atoms with E-state index in [9.17, 15) is 4.39 Å². The molecule has 0 saturated heterocycles. The summed E-state index contributed by atoms with van der Waals surface area (Å²) in [6, 6.07) is 4.70. The molecule has 2 unspecified atom stereocenters. The lowest BCUT2D eigenvalue weighted by molar-refractivity contribution is 0.266. The lowest BCUT2D eigenvalue weighted by Gasteiger charge is -2.33. The first kappa shape index (κ1) is 14.2. The normalized spacial score (nSPS) is 29.6. The Morgan fingerprint density at radius 1 is 1.50 bits per heavy atom. The minimum Gasteiger partial charge on any atom is -0.331 e. The van der Waals surface area contributed by atoms with E-state index in [1.54, 1.807) is 23.9 Å². The lowest BCUT2D eigenvalue weighted by atomic mass is 9.78. The first-order valence-corrected chi connectivity index (χ1v) is 8.38. The number of anilines is 1. The maximum Gasteiger partial charge on any atom is 0.161 e. The smallest absolute Gasteiger partial charge is 0.161 e. The minimum atomic E-state index is -0.334. The summed E-state index contributed by atoms with van der Waals surface area (Å²) in [5.41, 5.74) is 0.392. The molecule has 0 aromatic heterocycles. The van der Waals surface area contributed by atoms with Crippen molar-refractivity contribution < 1.29 is 4.39 Å². The zero-order valence-electron chi connectivity index (χ0n) is 11.5. The van der Waals surface area contributed by atoms with Gasteiger partial charge in [0.1, 0.15) is 5.82 Å². The van der Waals surface area contributed by atoms with Crippen molar-refractivity contribution in [2.45, 2.75) is 38.1 Å². The Morgan fingerprint density at radius 2 is 2.35 bits per heavy atom. The second-order valence-corrected chi connectivity index (χ2v) is 7.22. The number of nitrogens with one attached hydrogen (secondary N) is 1. The van der Waals surface area contributed by atoms with Gasteiger partial charge >= 0.3 is 0 Å². The van der Waals surface area contributed by atoms with Gasteiger partial charge in [-0.1, -0.05) is 49.2 Å². The summed E-state index contributed by atoms with van der Waals surface area (Å²) in [6.07, 6.45) is 4.81. The summed E-state index contributed by atoms with van der Waals surface area (Å²) in [7, 11) is 0. The molecule has 2 nitrogen and oxygen atoms in total. The molecule has 1 aliphatic carbocycles. The topological polar surface area (TPSA) is 24.4 Å². The summed E-state index contributed by atoms with van der Waals surface area (Å²) >= 11 is 7.72. The Balaban J connectivity index is 1.79. The van der Waals surface area contributed by atoms with Crippen LogP contribution in [-0.2, 0) is 0 Å². The molecule has 1 spiro atoms. The van der Waals surface area contributed by atoms with Gasteiger partial charge < -0.3 is 5.32 Å². The van der Waals surface area contributed by atoms with E-state index in [0.717, 1.165) is 29.7 Å². The molecule has 1 fully saturated rings. The van der Waals surface area contributed by atoms with Gasteiger partial charge in [-0.05, 0) is 30.9 Å². The van der Waals surface area contributed by atoms with Crippen LogP contribution in [0.1, 0.15) is 32.6 Å². The molecule has 3 rings (SSSR count). The van der Waals surface area contributed by atoms with Crippen LogP contribution >= 0.6 is 23.4 Å². The fourth-order valence-corrected chi connectivity index (χ4v) is 4.51. The highest BCUT2D eigenvalue weighted by Crippen LogP contribution is 2.42. The molecule has 1 aliphatic heterocycles. The zero-order valence-corrected chi connectivity index (χ0v) is 13.0. The van der Waals surface area contributed by atoms with Crippen molar-refractivity contribution in [1.29, 1.82) is 0 Å². The predicted molar refractivity (Wildman–Crippen MR) is 85.3 cm³/mol. The number of halogens is 2. The summed E-state index contributed by atoms with van der Waals surface area (Å²) in [5, 5.41) is 4.26. The number of amidine groups is 1. The molecule has 0 bridgehead atoms. The van der Waals surface area contributed by atoms with Gasteiger partial charge in [-0.25, -0.2) is 4.39 Å². The molecule has 5 heteroatoms. The molecule has 1 heterocycles. The average Bonchev–Trinajstić information content (AvgIpc) is 2.76. The molecule has 1 N–H and O–H groups in total. The number of hydrogen-bond acceptors (Lipinski definition) is 3. The number of nitrogens with zero attached hydrogens (tertiary/aromatic N) is 1. The standard InChI is InChI=1S/C15H18ClFN2S/c1-10-4-3-7-15(8-10)9-20-14(19-15)18-13-11(16)5-2-6-12(13)17/h2,5-6,10H,3-4,7-9H2,1H3,(H,18,19). The highest BCUT2D eigenvalue weighted by atomic mass is 35.5. The summed E-state index contributed by atoms with van der Waals surface area (Å²) in [6.45, 7) is 2.29. The maximum atomic E-state index is 13.8. The van der Waals surface area contributed by atoms with E-state index in [-0.39, 0.29) is 11.4 Å². The van der Waals surface area contributed by atoms with Crippen LogP contribution < -0.4 is 5.32 Å². The first-order chi connectivity index (χ1) is 9.58. The molecule has 108 valence electrons. The van der Waals surface area contributed by atoms with E-state index in [2.05, 4.69) is 12.2 Å². The van der Waals surface area contributed by atoms with E-state index < -0.39 is 0 Å². The van der Waals surface area contributed by atoms with Gasteiger partial charge in [0.25, 0.3) is 0 Å². The van der Waals surface area contributed by atoms with Gasteiger partial charge in [-0.15, -0.1) is 0 Å². The third kappa shape index (κ3) is 2.82.